The van der Waals surface area contributed by atoms with Crippen LogP contribution in [0.4, 0.5) is 0 Å². The molecule has 0 aliphatic rings. The maximum atomic E-state index is 9.66. The van der Waals surface area contributed by atoms with E-state index in [1.807, 2.05) is 20.0 Å². The molecule has 2 N–H and O–H groups in total. The highest BCUT2D eigenvalue weighted by Crippen LogP contribution is 2.26. The molecule has 0 saturated heterocycles. The van der Waals surface area contributed by atoms with Crippen molar-refractivity contribution in [3.63, 3.8) is 0 Å². The van der Waals surface area contributed by atoms with E-state index in [9.17, 15) is 5.11 Å². The van der Waals surface area contributed by atoms with Crippen molar-refractivity contribution < 1.29 is 9.63 Å². The zero-order valence-corrected chi connectivity index (χ0v) is 9.84. The van der Waals surface area contributed by atoms with Gasteiger partial charge in [0, 0.05) is 12.5 Å². The van der Waals surface area contributed by atoms with Crippen molar-refractivity contribution in [2.75, 3.05) is 7.05 Å². The lowest BCUT2D eigenvalue weighted by atomic mass is 10.2. The Balaban J connectivity index is 2.21. The van der Waals surface area contributed by atoms with Gasteiger partial charge in [0.15, 0.2) is 5.82 Å². The summed E-state index contributed by atoms with van der Waals surface area (Å²) in [5.41, 5.74) is 0.559. The van der Waals surface area contributed by atoms with Crippen LogP contribution in [0.3, 0.4) is 0 Å². The van der Waals surface area contributed by atoms with E-state index < -0.39 is 0 Å². The van der Waals surface area contributed by atoms with Crippen molar-refractivity contribution in [1.82, 2.24) is 15.5 Å². The first kappa shape index (κ1) is 11.6. The van der Waals surface area contributed by atoms with Crippen molar-refractivity contribution in [3.8, 4) is 17.2 Å². The molecule has 0 spiro atoms. The smallest absolute Gasteiger partial charge is 0.261 e. The molecule has 1 atom stereocenters. The fraction of sp³-hybridized carbons (Fsp3) is 0.333. The second-order valence-corrected chi connectivity index (χ2v) is 3.93. The normalized spacial score (nSPS) is 12.6. The number of hydrogen-bond acceptors (Lipinski definition) is 5. The molecule has 1 heterocycles. The van der Waals surface area contributed by atoms with Crippen LogP contribution in [0.25, 0.3) is 11.5 Å². The number of para-hydroxylation sites is 1. The van der Waals surface area contributed by atoms with Gasteiger partial charge < -0.3 is 14.9 Å². The third-order valence-electron chi connectivity index (χ3n) is 2.58. The fourth-order valence-corrected chi connectivity index (χ4v) is 1.48. The first-order valence-corrected chi connectivity index (χ1v) is 5.49. The summed E-state index contributed by atoms with van der Waals surface area (Å²) in [6, 6.07) is 7.18. The average Bonchev–Trinajstić information content (AvgIpc) is 2.78. The van der Waals surface area contributed by atoms with Gasteiger partial charge in [0.2, 0.25) is 0 Å². The van der Waals surface area contributed by atoms with Crippen LogP contribution in [0.2, 0.25) is 0 Å². The maximum absolute atomic E-state index is 9.66. The number of rotatable bonds is 4. The van der Waals surface area contributed by atoms with Crippen molar-refractivity contribution in [2.24, 2.45) is 0 Å². The van der Waals surface area contributed by atoms with Crippen LogP contribution in [0.15, 0.2) is 28.8 Å². The molecule has 0 saturated carbocycles. The molecule has 5 heteroatoms. The minimum absolute atomic E-state index is 0.143. The van der Waals surface area contributed by atoms with Crippen LogP contribution >= 0.6 is 0 Å². The fourth-order valence-electron chi connectivity index (χ4n) is 1.48. The Bertz CT molecular complexity index is 496. The number of aromatic hydroxyl groups is 1. The monoisotopic (exact) mass is 233 g/mol. The summed E-state index contributed by atoms with van der Waals surface area (Å²) in [4.78, 5) is 4.25. The molecule has 0 amide bonds. The minimum atomic E-state index is 0.143. The topological polar surface area (TPSA) is 71.2 Å². The Morgan fingerprint density at radius 2 is 2.18 bits per heavy atom. The van der Waals surface area contributed by atoms with Crippen molar-refractivity contribution in [1.29, 1.82) is 0 Å². The van der Waals surface area contributed by atoms with Crippen LogP contribution in [0, 0.1) is 0 Å². The van der Waals surface area contributed by atoms with Gasteiger partial charge in [-0.1, -0.05) is 17.3 Å². The highest BCUT2D eigenvalue weighted by atomic mass is 16.5. The predicted molar refractivity (Wildman–Crippen MR) is 63.6 cm³/mol. The number of hydrogen-bond donors (Lipinski definition) is 2. The second kappa shape index (κ2) is 4.97. The molecule has 1 aromatic carbocycles. The molecule has 0 radical (unpaired) electrons. The van der Waals surface area contributed by atoms with E-state index in [4.69, 9.17) is 4.52 Å². The standard InChI is InChI=1S/C12H15N3O2/c1-8(13-2)7-11-14-12(17-15-11)9-5-3-4-6-10(9)16/h3-6,8,13,16H,7H2,1-2H3. The summed E-state index contributed by atoms with van der Waals surface area (Å²) in [5.74, 6) is 1.12. The van der Waals surface area contributed by atoms with Gasteiger partial charge in [-0.15, -0.1) is 0 Å². The first-order valence-electron chi connectivity index (χ1n) is 5.49. The molecule has 0 fully saturated rings. The summed E-state index contributed by atoms with van der Waals surface area (Å²) < 4.78 is 5.13. The molecule has 0 aliphatic carbocycles. The SMILES string of the molecule is CNC(C)Cc1noc(-c2ccccc2O)n1. The summed E-state index contributed by atoms with van der Waals surface area (Å²) in [6.07, 6.45) is 0.688. The number of phenolic OH excluding ortho intramolecular Hbond substituents is 1. The molecule has 90 valence electrons. The van der Waals surface area contributed by atoms with Crippen LogP contribution in [-0.2, 0) is 6.42 Å². The third kappa shape index (κ3) is 2.62. The van der Waals surface area contributed by atoms with Gasteiger partial charge in [-0.3, -0.25) is 0 Å². The Labute approximate surface area is 99.5 Å². The maximum Gasteiger partial charge on any atom is 0.261 e. The molecule has 17 heavy (non-hydrogen) atoms. The molecule has 2 aromatic rings. The lowest BCUT2D eigenvalue weighted by molar-refractivity contribution is 0.413. The number of aromatic nitrogens is 2. The van der Waals surface area contributed by atoms with Gasteiger partial charge in [0.1, 0.15) is 5.75 Å². The minimum Gasteiger partial charge on any atom is -0.507 e. The number of benzene rings is 1. The van der Waals surface area contributed by atoms with Gasteiger partial charge in [-0.25, -0.2) is 0 Å². The number of phenols is 1. The van der Waals surface area contributed by atoms with E-state index >= 15 is 0 Å². The van der Waals surface area contributed by atoms with Gasteiger partial charge in [-0.05, 0) is 26.1 Å². The second-order valence-electron chi connectivity index (χ2n) is 3.93. The van der Waals surface area contributed by atoms with E-state index in [0.717, 1.165) is 0 Å². The summed E-state index contributed by atoms with van der Waals surface area (Å²) in [6.45, 7) is 2.04. The Morgan fingerprint density at radius 3 is 2.88 bits per heavy atom. The highest BCUT2D eigenvalue weighted by molar-refractivity contribution is 5.61. The van der Waals surface area contributed by atoms with Crippen LogP contribution in [0.1, 0.15) is 12.7 Å². The summed E-state index contributed by atoms with van der Waals surface area (Å²) in [5, 5.41) is 16.6. The van der Waals surface area contributed by atoms with E-state index in [1.54, 1.807) is 18.2 Å². The number of likely N-dealkylation sites (N-methyl/N-ethyl adjacent to an activating group) is 1. The predicted octanol–water partition coefficient (Wildman–Crippen LogP) is 1.59. The van der Waals surface area contributed by atoms with E-state index in [1.165, 1.54) is 0 Å². The zero-order valence-electron chi connectivity index (χ0n) is 9.84. The lowest BCUT2D eigenvalue weighted by Gasteiger charge is -2.04. The first-order chi connectivity index (χ1) is 8.20. The number of nitrogens with one attached hydrogen (secondary N) is 1. The Kier molecular flexibility index (Phi) is 3.39. The van der Waals surface area contributed by atoms with E-state index in [0.29, 0.717) is 23.7 Å². The summed E-state index contributed by atoms with van der Waals surface area (Å²) in [7, 11) is 1.88. The average molecular weight is 233 g/mol. The van der Waals surface area contributed by atoms with Crippen molar-refractivity contribution >= 4 is 0 Å². The summed E-state index contributed by atoms with van der Waals surface area (Å²) >= 11 is 0. The van der Waals surface area contributed by atoms with Gasteiger partial charge in [-0.2, -0.15) is 4.98 Å². The largest absolute Gasteiger partial charge is 0.507 e. The quantitative estimate of drug-likeness (QED) is 0.839. The Hall–Kier alpha value is -1.88. The zero-order chi connectivity index (χ0) is 12.3. The molecule has 2 rings (SSSR count). The van der Waals surface area contributed by atoms with Crippen molar-refractivity contribution in [3.05, 3.63) is 30.1 Å². The van der Waals surface area contributed by atoms with Gasteiger partial charge in [0.25, 0.3) is 5.89 Å². The number of nitrogens with zero attached hydrogens (tertiary/aromatic N) is 2. The molecular formula is C12H15N3O2. The van der Waals surface area contributed by atoms with Crippen molar-refractivity contribution in [2.45, 2.75) is 19.4 Å². The molecule has 0 bridgehead atoms. The third-order valence-corrected chi connectivity index (χ3v) is 2.58. The molecule has 1 aromatic heterocycles. The highest BCUT2D eigenvalue weighted by Gasteiger charge is 2.13. The molecular weight excluding hydrogens is 218 g/mol. The van der Waals surface area contributed by atoms with Gasteiger partial charge >= 0.3 is 0 Å². The molecule has 5 nitrogen and oxygen atoms in total. The van der Waals surface area contributed by atoms with Crippen LogP contribution < -0.4 is 5.32 Å². The van der Waals surface area contributed by atoms with E-state index in [-0.39, 0.29) is 11.8 Å². The lowest BCUT2D eigenvalue weighted by Crippen LogP contribution is -2.24. The molecule has 0 aliphatic heterocycles. The molecule has 1 unspecified atom stereocenters. The Morgan fingerprint density at radius 1 is 1.41 bits per heavy atom. The van der Waals surface area contributed by atoms with Crippen LogP contribution in [0.5, 0.6) is 5.75 Å². The van der Waals surface area contributed by atoms with Gasteiger partial charge in [0.05, 0.1) is 5.56 Å². The van der Waals surface area contributed by atoms with E-state index in [2.05, 4.69) is 15.5 Å². The van der Waals surface area contributed by atoms with Crippen LogP contribution in [-0.4, -0.2) is 28.3 Å².